The maximum Gasteiger partial charge on any atom is 0.326 e. The third-order valence-electron chi connectivity index (χ3n) is 3.16. The molecule has 0 bridgehead atoms. The van der Waals surface area contributed by atoms with Crippen molar-refractivity contribution in [2.45, 2.75) is 65.8 Å². The number of carbonyl (C=O) groups excluding carboxylic acids is 1. The highest BCUT2D eigenvalue weighted by molar-refractivity contribution is 5.80. The second-order valence-electron chi connectivity index (χ2n) is 5.91. The summed E-state index contributed by atoms with van der Waals surface area (Å²) < 4.78 is 10.7. The minimum atomic E-state index is -0.565. The molecule has 0 amide bonds. The van der Waals surface area contributed by atoms with Crippen molar-refractivity contribution in [2.24, 2.45) is 5.92 Å². The lowest BCUT2D eigenvalue weighted by Gasteiger charge is -2.28. The first-order valence-corrected chi connectivity index (χ1v) is 7.96. The Morgan fingerprint density at radius 3 is 2.50 bits per heavy atom. The fourth-order valence-electron chi connectivity index (χ4n) is 1.96. The van der Waals surface area contributed by atoms with Gasteiger partial charge in [0.1, 0.15) is 5.54 Å². The highest BCUT2D eigenvalue weighted by atomic mass is 16.5. The molecule has 0 aliphatic carbocycles. The van der Waals surface area contributed by atoms with Crippen LogP contribution in [0.4, 0.5) is 0 Å². The lowest BCUT2D eigenvalue weighted by atomic mass is 9.94. The Labute approximate surface area is 124 Å². The van der Waals surface area contributed by atoms with E-state index in [-0.39, 0.29) is 5.97 Å². The molecule has 0 aromatic carbocycles. The topological polar surface area (TPSA) is 47.6 Å². The molecule has 0 rings (SSSR count). The molecule has 1 atom stereocenters. The van der Waals surface area contributed by atoms with Gasteiger partial charge in [-0.1, -0.05) is 20.8 Å². The van der Waals surface area contributed by atoms with E-state index in [1.807, 2.05) is 13.8 Å². The summed E-state index contributed by atoms with van der Waals surface area (Å²) in [6.07, 6.45) is 3.74. The van der Waals surface area contributed by atoms with E-state index in [1.54, 1.807) is 0 Å². The van der Waals surface area contributed by atoms with Gasteiger partial charge in [-0.25, -0.2) is 0 Å². The average Bonchev–Trinajstić information content (AvgIpc) is 2.40. The number of nitrogens with one attached hydrogen (secondary N) is 1. The quantitative estimate of drug-likeness (QED) is 0.442. The summed E-state index contributed by atoms with van der Waals surface area (Å²) >= 11 is 0. The number of unbranched alkanes of at least 4 members (excludes halogenated alkanes) is 1. The molecular formula is C16H33NO3. The smallest absolute Gasteiger partial charge is 0.326 e. The van der Waals surface area contributed by atoms with Crippen LogP contribution in [0, 0.1) is 5.92 Å². The van der Waals surface area contributed by atoms with Gasteiger partial charge in [-0.05, 0) is 52.0 Å². The molecule has 0 aromatic heterocycles. The van der Waals surface area contributed by atoms with E-state index in [2.05, 4.69) is 26.1 Å². The zero-order valence-electron chi connectivity index (χ0n) is 14.0. The van der Waals surface area contributed by atoms with Crippen LogP contribution in [0.1, 0.15) is 60.3 Å². The highest BCUT2D eigenvalue weighted by Gasteiger charge is 2.33. The first kappa shape index (κ1) is 19.4. The Bertz CT molecular complexity index is 256. The lowest BCUT2D eigenvalue weighted by molar-refractivity contribution is -0.150. The Morgan fingerprint density at radius 1 is 1.25 bits per heavy atom. The third kappa shape index (κ3) is 8.54. The molecule has 20 heavy (non-hydrogen) atoms. The summed E-state index contributed by atoms with van der Waals surface area (Å²) in [6, 6.07) is 0. The van der Waals surface area contributed by atoms with Crippen molar-refractivity contribution in [1.82, 2.24) is 5.32 Å². The molecule has 4 nitrogen and oxygen atoms in total. The lowest BCUT2D eigenvalue weighted by Crippen LogP contribution is -2.50. The van der Waals surface area contributed by atoms with Gasteiger partial charge in [-0.15, -0.1) is 0 Å². The minimum Gasteiger partial charge on any atom is -0.465 e. The van der Waals surface area contributed by atoms with Gasteiger partial charge in [0.2, 0.25) is 0 Å². The molecule has 0 saturated heterocycles. The van der Waals surface area contributed by atoms with E-state index in [0.717, 1.165) is 45.4 Å². The van der Waals surface area contributed by atoms with Gasteiger partial charge in [-0.3, -0.25) is 4.79 Å². The molecule has 120 valence electrons. The van der Waals surface area contributed by atoms with E-state index in [9.17, 15) is 4.79 Å². The molecule has 0 radical (unpaired) electrons. The second kappa shape index (κ2) is 11.1. The van der Waals surface area contributed by atoms with Crippen molar-refractivity contribution in [3.8, 4) is 0 Å². The summed E-state index contributed by atoms with van der Waals surface area (Å²) in [5, 5.41) is 3.32. The third-order valence-corrected chi connectivity index (χ3v) is 3.16. The predicted molar refractivity (Wildman–Crippen MR) is 82.8 cm³/mol. The van der Waals surface area contributed by atoms with Crippen molar-refractivity contribution < 1.29 is 14.3 Å². The summed E-state index contributed by atoms with van der Waals surface area (Å²) in [4.78, 5) is 12.1. The summed E-state index contributed by atoms with van der Waals surface area (Å²) in [5.74, 6) is 0.433. The highest BCUT2D eigenvalue weighted by Crippen LogP contribution is 2.16. The van der Waals surface area contributed by atoms with Gasteiger partial charge in [-0.2, -0.15) is 0 Å². The van der Waals surface area contributed by atoms with Crippen LogP contribution >= 0.6 is 0 Å². The molecule has 0 aromatic rings. The van der Waals surface area contributed by atoms with Crippen LogP contribution in [0.25, 0.3) is 0 Å². The molecule has 0 spiro atoms. The van der Waals surface area contributed by atoms with Crippen molar-refractivity contribution in [3.63, 3.8) is 0 Å². The molecule has 4 heteroatoms. The Balaban J connectivity index is 4.06. The summed E-state index contributed by atoms with van der Waals surface area (Å²) in [7, 11) is 0. The van der Waals surface area contributed by atoms with Gasteiger partial charge in [0.05, 0.1) is 6.61 Å². The largest absolute Gasteiger partial charge is 0.465 e. The van der Waals surface area contributed by atoms with E-state index >= 15 is 0 Å². The number of hydrogen-bond donors (Lipinski definition) is 1. The molecule has 0 fully saturated rings. The van der Waals surface area contributed by atoms with Gasteiger partial charge >= 0.3 is 5.97 Å². The summed E-state index contributed by atoms with van der Waals surface area (Å²) in [5.41, 5.74) is -0.565. The molecule has 0 aliphatic rings. The molecule has 0 heterocycles. The van der Waals surface area contributed by atoms with Crippen LogP contribution < -0.4 is 5.32 Å². The zero-order valence-corrected chi connectivity index (χ0v) is 14.0. The normalized spacial score (nSPS) is 14.3. The maximum absolute atomic E-state index is 12.1. The van der Waals surface area contributed by atoms with Crippen LogP contribution in [0.3, 0.4) is 0 Å². The Morgan fingerprint density at radius 2 is 1.95 bits per heavy atom. The van der Waals surface area contributed by atoms with Crippen LogP contribution in [-0.2, 0) is 14.3 Å². The van der Waals surface area contributed by atoms with Crippen molar-refractivity contribution >= 4 is 5.97 Å². The van der Waals surface area contributed by atoms with Gasteiger partial charge in [0, 0.05) is 13.2 Å². The average molecular weight is 287 g/mol. The van der Waals surface area contributed by atoms with Crippen LogP contribution in [0.2, 0.25) is 0 Å². The fourth-order valence-corrected chi connectivity index (χ4v) is 1.96. The molecular weight excluding hydrogens is 254 g/mol. The Kier molecular flexibility index (Phi) is 10.8. The van der Waals surface area contributed by atoms with Crippen molar-refractivity contribution in [2.75, 3.05) is 26.4 Å². The minimum absolute atomic E-state index is 0.142. The number of rotatable bonds is 12. The first-order chi connectivity index (χ1) is 9.46. The monoisotopic (exact) mass is 287 g/mol. The first-order valence-electron chi connectivity index (χ1n) is 7.96. The van der Waals surface area contributed by atoms with Crippen molar-refractivity contribution in [3.05, 3.63) is 0 Å². The molecule has 1 N–H and O–H groups in total. The maximum atomic E-state index is 12.1. The summed E-state index contributed by atoms with van der Waals surface area (Å²) in [6.45, 7) is 13.0. The van der Waals surface area contributed by atoms with Gasteiger partial charge in [0.15, 0.2) is 0 Å². The van der Waals surface area contributed by atoms with E-state index in [1.165, 1.54) is 0 Å². The Hall–Kier alpha value is -0.610. The second-order valence-corrected chi connectivity index (χ2v) is 5.91. The molecule has 1 unspecified atom stereocenters. The van der Waals surface area contributed by atoms with Crippen LogP contribution in [0.15, 0.2) is 0 Å². The van der Waals surface area contributed by atoms with E-state index < -0.39 is 5.54 Å². The molecule has 0 saturated carbocycles. The number of hydrogen-bond acceptors (Lipinski definition) is 4. The van der Waals surface area contributed by atoms with E-state index in [0.29, 0.717) is 12.5 Å². The van der Waals surface area contributed by atoms with Gasteiger partial charge in [0.25, 0.3) is 0 Å². The standard InChI is InChI=1S/C16H33NO3/c1-6-11-17-16(5,15(18)20-7-2)10-8-9-12-19-13-14(3)4/h14,17H,6-13H2,1-5H3. The van der Waals surface area contributed by atoms with Gasteiger partial charge < -0.3 is 14.8 Å². The van der Waals surface area contributed by atoms with Crippen molar-refractivity contribution in [1.29, 1.82) is 0 Å². The fraction of sp³-hybridized carbons (Fsp3) is 0.938. The SMILES string of the molecule is CCCNC(C)(CCCCOCC(C)C)C(=O)OCC. The number of esters is 1. The number of carbonyl (C=O) groups is 1. The van der Waals surface area contributed by atoms with Crippen LogP contribution in [0.5, 0.6) is 0 Å². The van der Waals surface area contributed by atoms with Crippen LogP contribution in [-0.4, -0.2) is 37.9 Å². The van der Waals surface area contributed by atoms with E-state index in [4.69, 9.17) is 9.47 Å². The zero-order chi connectivity index (χ0) is 15.4. The molecule has 0 aliphatic heterocycles. The predicted octanol–water partition coefficient (Wildman–Crippen LogP) is 3.15. The number of ether oxygens (including phenoxy) is 2.